The van der Waals surface area contributed by atoms with Gasteiger partial charge in [0.25, 0.3) is 5.91 Å². The molecule has 0 aliphatic rings. The van der Waals surface area contributed by atoms with Crippen LogP contribution >= 0.6 is 0 Å². The second kappa shape index (κ2) is 5.24. The van der Waals surface area contributed by atoms with Crippen molar-refractivity contribution in [1.29, 1.82) is 0 Å². The van der Waals surface area contributed by atoms with Gasteiger partial charge in [-0.3, -0.25) is 9.89 Å². The molecular weight excluding hydrogens is 242 g/mol. The van der Waals surface area contributed by atoms with Gasteiger partial charge < -0.3 is 10.4 Å². The number of para-hydroxylation sites is 1. The fourth-order valence-electron chi connectivity index (χ4n) is 2.05. The first-order chi connectivity index (χ1) is 9.00. The quantitative estimate of drug-likeness (QED) is 0.791. The van der Waals surface area contributed by atoms with Crippen molar-refractivity contribution in [3.63, 3.8) is 0 Å². The highest BCUT2D eigenvalue weighted by Gasteiger charge is 2.17. The van der Waals surface area contributed by atoms with Crippen LogP contribution in [0, 0.1) is 13.8 Å². The van der Waals surface area contributed by atoms with Crippen LogP contribution in [0.25, 0.3) is 0 Å². The first kappa shape index (κ1) is 13.3. The van der Waals surface area contributed by atoms with Crippen LogP contribution in [-0.2, 0) is 0 Å². The van der Waals surface area contributed by atoms with E-state index >= 15 is 0 Å². The molecule has 2 rings (SSSR count). The summed E-state index contributed by atoms with van der Waals surface area (Å²) in [4.78, 5) is 12.2. The molecule has 19 heavy (non-hydrogen) atoms. The second-order valence-electron chi connectivity index (χ2n) is 4.53. The lowest BCUT2D eigenvalue weighted by molar-refractivity contribution is 0.102. The van der Waals surface area contributed by atoms with Crippen LogP contribution < -0.4 is 5.32 Å². The van der Waals surface area contributed by atoms with Gasteiger partial charge in [-0.05, 0) is 26.8 Å². The number of anilines is 1. The Bertz CT molecular complexity index is 583. The molecule has 0 aliphatic heterocycles. The van der Waals surface area contributed by atoms with Gasteiger partial charge in [-0.1, -0.05) is 18.2 Å². The van der Waals surface area contributed by atoms with Crippen LogP contribution in [0.2, 0.25) is 0 Å². The molecule has 1 unspecified atom stereocenters. The third kappa shape index (κ3) is 2.66. The Balaban J connectivity index is 2.30. The van der Waals surface area contributed by atoms with Gasteiger partial charge in [0.2, 0.25) is 0 Å². The fourth-order valence-corrected chi connectivity index (χ4v) is 2.05. The maximum atomic E-state index is 12.2. The molecule has 0 radical (unpaired) electrons. The molecule has 1 heterocycles. The molecule has 1 aromatic heterocycles. The summed E-state index contributed by atoms with van der Waals surface area (Å²) in [7, 11) is 0. The summed E-state index contributed by atoms with van der Waals surface area (Å²) < 4.78 is 0. The summed E-state index contributed by atoms with van der Waals surface area (Å²) in [6.07, 6.45) is -0.636. The number of aryl methyl sites for hydroxylation is 2. The van der Waals surface area contributed by atoms with E-state index in [0.717, 1.165) is 5.69 Å². The van der Waals surface area contributed by atoms with E-state index in [9.17, 15) is 9.90 Å². The van der Waals surface area contributed by atoms with Crippen molar-refractivity contribution >= 4 is 11.6 Å². The molecule has 1 aromatic carbocycles. The molecule has 100 valence electrons. The smallest absolute Gasteiger partial charge is 0.259 e. The van der Waals surface area contributed by atoms with Crippen molar-refractivity contribution in [3.8, 4) is 0 Å². The number of benzene rings is 1. The van der Waals surface area contributed by atoms with E-state index in [-0.39, 0.29) is 5.91 Å². The number of nitrogens with zero attached hydrogens (tertiary/aromatic N) is 1. The van der Waals surface area contributed by atoms with Crippen LogP contribution in [0.5, 0.6) is 0 Å². The highest BCUT2D eigenvalue weighted by molar-refractivity contribution is 6.06. The Morgan fingerprint density at radius 1 is 1.37 bits per heavy atom. The molecule has 2 aromatic rings. The Morgan fingerprint density at radius 3 is 2.63 bits per heavy atom. The molecule has 3 N–H and O–H groups in total. The number of nitrogens with one attached hydrogen (secondary N) is 2. The normalized spacial score (nSPS) is 12.2. The molecular formula is C14H17N3O2. The average Bonchev–Trinajstić information content (AvgIpc) is 2.69. The highest BCUT2D eigenvalue weighted by atomic mass is 16.3. The van der Waals surface area contributed by atoms with Crippen LogP contribution in [-0.4, -0.2) is 21.2 Å². The molecule has 0 saturated heterocycles. The van der Waals surface area contributed by atoms with E-state index in [0.29, 0.717) is 22.5 Å². The van der Waals surface area contributed by atoms with Crippen LogP contribution in [0.15, 0.2) is 24.3 Å². The average molecular weight is 259 g/mol. The van der Waals surface area contributed by atoms with Gasteiger partial charge in [-0.15, -0.1) is 0 Å². The van der Waals surface area contributed by atoms with E-state index in [1.807, 2.05) is 12.1 Å². The SMILES string of the molecule is Cc1n[nH]c(C)c1C(=O)Nc1ccccc1C(C)O. The Hall–Kier alpha value is -2.14. The summed E-state index contributed by atoms with van der Waals surface area (Å²) in [6.45, 7) is 5.24. The highest BCUT2D eigenvalue weighted by Crippen LogP contribution is 2.23. The summed E-state index contributed by atoms with van der Waals surface area (Å²) >= 11 is 0. The Morgan fingerprint density at radius 2 is 2.05 bits per heavy atom. The number of hydrogen-bond donors (Lipinski definition) is 3. The largest absolute Gasteiger partial charge is 0.389 e. The Kier molecular flexibility index (Phi) is 3.66. The minimum Gasteiger partial charge on any atom is -0.389 e. The van der Waals surface area contributed by atoms with Crippen molar-refractivity contribution in [3.05, 3.63) is 46.8 Å². The van der Waals surface area contributed by atoms with Crippen LogP contribution in [0.4, 0.5) is 5.69 Å². The second-order valence-corrected chi connectivity index (χ2v) is 4.53. The number of H-pyrrole nitrogens is 1. The minimum atomic E-state index is -0.636. The summed E-state index contributed by atoms with van der Waals surface area (Å²) in [5.41, 5.74) is 3.23. The predicted octanol–water partition coefficient (Wildman–Crippen LogP) is 2.33. The standard InChI is InChI=1S/C14H17N3O2/c1-8-13(9(2)17-16-8)14(19)15-12-7-5-4-6-11(12)10(3)18/h4-7,10,18H,1-3H3,(H,15,19)(H,16,17). The molecule has 0 spiro atoms. The van der Waals surface area contributed by atoms with E-state index < -0.39 is 6.10 Å². The number of rotatable bonds is 3. The maximum Gasteiger partial charge on any atom is 0.259 e. The van der Waals surface area contributed by atoms with E-state index in [1.165, 1.54) is 0 Å². The van der Waals surface area contributed by atoms with E-state index in [4.69, 9.17) is 0 Å². The lowest BCUT2D eigenvalue weighted by atomic mass is 10.1. The van der Waals surface area contributed by atoms with Gasteiger partial charge >= 0.3 is 0 Å². The molecule has 0 bridgehead atoms. The first-order valence-electron chi connectivity index (χ1n) is 6.10. The number of aromatic nitrogens is 2. The number of amides is 1. The molecule has 0 fully saturated rings. The topological polar surface area (TPSA) is 78.0 Å². The van der Waals surface area contributed by atoms with Gasteiger partial charge in [0.1, 0.15) is 0 Å². The molecule has 0 aliphatic carbocycles. The van der Waals surface area contributed by atoms with Gasteiger partial charge in [0.05, 0.1) is 17.4 Å². The van der Waals surface area contributed by atoms with Crippen molar-refractivity contribution in [2.75, 3.05) is 5.32 Å². The maximum absolute atomic E-state index is 12.2. The lowest BCUT2D eigenvalue weighted by Gasteiger charge is -2.13. The summed E-state index contributed by atoms with van der Waals surface area (Å²) in [5, 5.41) is 19.3. The van der Waals surface area contributed by atoms with Crippen molar-refractivity contribution in [1.82, 2.24) is 10.2 Å². The third-order valence-corrected chi connectivity index (χ3v) is 3.01. The monoisotopic (exact) mass is 259 g/mol. The van der Waals surface area contributed by atoms with Crippen LogP contribution in [0.1, 0.15) is 40.3 Å². The van der Waals surface area contributed by atoms with Crippen LogP contribution in [0.3, 0.4) is 0 Å². The molecule has 0 saturated carbocycles. The number of carbonyl (C=O) groups excluding carboxylic acids is 1. The molecule has 5 heteroatoms. The molecule has 5 nitrogen and oxygen atoms in total. The van der Waals surface area contributed by atoms with Gasteiger partial charge in [-0.25, -0.2) is 0 Å². The number of aliphatic hydroxyl groups excluding tert-OH is 1. The zero-order valence-corrected chi connectivity index (χ0v) is 11.2. The van der Waals surface area contributed by atoms with Crippen molar-refractivity contribution < 1.29 is 9.90 Å². The summed E-state index contributed by atoms with van der Waals surface area (Å²) in [6, 6.07) is 7.20. The fraction of sp³-hybridized carbons (Fsp3) is 0.286. The minimum absolute atomic E-state index is 0.225. The van der Waals surface area contributed by atoms with Gasteiger partial charge in [-0.2, -0.15) is 5.10 Å². The number of aliphatic hydroxyl groups is 1. The van der Waals surface area contributed by atoms with E-state index in [2.05, 4.69) is 15.5 Å². The Labute approximate surface area is 111 Å². The predicted molar refractivity (Wildman–Crippen MR) is 73.1 cm³/mol. The number of carbonyl (C=O) groups is 1. The third-order valence-electron chi connectivity index (χ3n) is 3.01. The zero-order valence-electron chi connectivity index (χ0n) is 11.2. The zero-order chi connectivity index (χ0) is 14.0. The summed E-state index contributed by atoms with van der Waals surface area (Å²) in [5.74, 6) is -0.225. The number of aromatic amines is 1. The first-order valence-corrected chi connectivity index (χ1v) is 6.10. The number of hydrogen-bond acceptors (Lipinski definition) is 3. The van der Waals surface area contributed by atoms with E-state index in [1.54, 1.807) is 32.9 Å². The van der Waals surface area contributed by atoms with Gasteiger partial charge in [0.15, 0.2) is 0 Å². The molecule has 1 atom stereocenters. The lowest BCUT2D eigenvalue weighted by Crippen LogP contribution is -2.15. The van der Waals surface area contributed by atoms with Crippen molar-refractivity contribution in [2.45, 2.75) is 26.9 Å². The van der Waals surface area contributed by atoms with Crippen molar-refractivity contribution in [2.24, 2.45) is 0 Å². The molecule has 1 amide bonds. The van der Waals surface area contributed by atoms with Gasteiger partial charge in [0, 0.05) is 16.9 Å².